The molecule has 0 fully saturated rings. The molecule has 164 valence electrons. The lowest BCUT2D eigenvalue weighted by Gasteiger charge is -2.16. The van der Waals surface area contributed by atoms with Crippen LogP contribution in [-0.2, 0) is 7.05 Å². The summed E-state index contributed by atoms with van der Waals surface area (Å²) in [5.74, 6) is -0.810. The fourth-order valence-corrected chi connectivity index (χ4v) is 3.72. The first-order valence-electron chi connectivity index (χ1n) is 10.2. The van der Waals surface area contributed by atoms with E-state index in [1.54, 1.807) is 6.07 Å². The Hall–Kier alpha value is -4.03. The Labute approximate surface area is 195 Å². The molecule has 0 radical (unpaired) electrons. The standard InChI is InChI=1S/C26H20ClN3O3/c1-16(31)19-13-14-20(27)21(15-19)28-25(32)23-22(17-9-5-3-6-10-17)24(29-30(2)26(23)33)18-11-7-4-8-12-18/h3-15H,1-2H3,(H,28,32). The van der Waals surface area contributed by atoms with Crippen LogP contribution in [0.4, 0.5) is 5.69 Å². The highest BCUT2D eigenvalue weighted by Gasteiger charge is 2.25. The zero-order chi connectivity index (χ0) is 23.5. The lowest BCUT2D eigenvalue weighted by atomic mass is 9.95. The number of nitrogens with zero attached hydrogens (tertiary/aromatic N) is 2. The second kappa shape index (κ2) is 9.22. The molecule has 6 nitrogen and oxygen atoms in total. The lowest BCUT2D eigenvalue weighted by molar-refractivity contribution is 0.101. The first-order chi connectivity index (χ1) is 15.9. The Morgan fingerprint density at radius 2 is 1.52 bits per heavy atom. The largest absolute Gasteiger partial charge is 0.320 e. The third-order valence-corrected chi connectivity index (χ3v) is 5.53. The zero-order valence-corrected chi connectivity index (χ0v) is 18.8. The van der Waals surface area contributed by atoms with Crippen LogP contribution in [0.15, 0.2) is 83.7 Å². The van der Waals surface area contributed by atoms with Crippen LogP contribution in [0.2, 0.25) is 5.02 Å². The van der Waals surface area contributed by atoms with Crippen LogP contribution in [0.25, 0.3) is 22.4 Å². The molecule has 4 aromatic rings. The minimum atomic E-state index is -0.642. The number of rotatable bonds is 5. The summed E-state index contributed by atoms with van der Waals surface area (Å²) in [5, 5.41) is 7.45. The minimum Gasteiger partial charge on any atom is -0.320 e. The summed E-state index contributed by atoms with van der Waals surface area (Å²) in [6.07, 6.45) is 0. The Balaban J connectivity index is 1.94. The number of halogens is 1. The van der Waals surface area contributed by atoms with Crippen molar-refractivity contribution in [3.8, 4) is 22.4 Å². The van der Waals surface area contributed by atoms with E-state index in [4.69, 9.17) is 11.6 Å². The van der Waals surface area contributed by atoms with Crippen molar-refractivity contribution in [1.29, 1.82) is 0 Å². The van der Waals surface area contributed by atoms with Gasteiger partial charge in [-0.15, -0.1) is 0 Å². The summed E-state index contributed by atoms with van der Waals surface area (Å²) in [4.78, 5) is 38.5. The number of hydrogen-bond donors (Lipinski definition) is 1. The molecule has 0 saturated carbocycles. The summed E-state index contributed by atoms with van der Waals surface area (Å²) in [5.41, 5.74) is 2.37. The van der Waals surface area contributed by atoms with Gasteiger partial charge in [0.05, 0.1) is 16.4 Å². The fraction of sp³-hybridized carbons (Fsp3) is 0.0769. The Kier molecular flexibility index (Phi) is 6.20. The van der Waals surface area contributed by atoms with E-state index in [9.17, 15) is 14.4 Å². The van der Waals surface area contributed by atoms with Gasteiger partial charge in [-0.25, -0.2) is 4.68 Å². The number of hydrogen-bond acceptors (Lipinski definition) is 4. The number of aromatic nitrogens is 2. The number of carbonyl (C=O) groups is 2. The second-order valence-corrected chi connectivity index (χ2v) is 7.87. The van der Waals surface area contributed by atoms with Crippen LogP contribution < -0.4 is 10.9 Å². The number of amides is 1. The van der Waals surface area contributed by atoms with E-state index in [-0.39, 0.29) is 22.1 Å². The van der Waals surface area contributed by atoms with Gasteiger partial charge in [0.2, 0.25) is 0 Å². The van der Waals surface area contributed by atoms with Crippen LogP contribution in [-0.4, -0.2) is 21.5 Å². The van der Waals surface area contributed by atoms with E-state index < -0.39 is 11.5 Å². The summed E-state index contributed by atoms with van der Waals surface area (Å²) in [6.45, 7) is 1.42. The Morgan fingerprint density at radius 3 is 2.12 bits per heavy atom. The van der Waals surface area contributed by atoms with E-state index in [1.165, 1.54) is 26.1 Å². The molecule has 1 N–H and O–H groups in total. The molecule has 0 spiro atoms. The SMILES string of the molecule is CC(=O)c1ccc(Cl)c(NC(=O)c2c(-c3ccccc3)c(-c3ccccc3)nn(C)c2=O)c1. The maximum Gasteiger partial charge on any atom is 0.280 e. The molecule has 33 heavy (non-hydrogen) atoms. The number of ketones is 1. The first-order valence-corrected chi connectivity index (χ1v) is 10.6. The van der Waals surface area contributed by atoms with Crippen molar-refractivity contribution in [2.24, 2.45) is 7.05 Å². The van der Waals surface area contributed by atoms with Gasteiger partial charge < -0.3 is 5.32 Å². The zero-order valence-electron chi connectivity index (χ0n) is 18.0. The molecule has 0 saturated heterocycles. The lowest BCUT2D eigenvalue weighted by Crippen LogP contribution is -2.31. The summed E-state index contributed by atoms with van der Waals surface area (Å²) in [7, 11) is 1.50. The smallest absolute Gasteiger partial charge is 0.280 e. The van der Waals surface area contributed by atoms with E-state index in [0.717, 1.165) is 10.2 Å². The highest BCUT2D eigenvalue weighted by atomic mass is 35.5. The van der Waals surface area contributed by atoms with Gasteiger partial charge in [-0.05, 0) is 30.7 Å². The van der Waals surface area contributed by atoms with Gasteiger partial charge in [0.15, 0.2) is 5.78 Å². The first kappa shape index (κ1) is 22.2. The van der Waals surface area contributed by atoms with Gasteiger partial charge in [0, 0.05) is 23.7 Å². The minimum absolute atomic E-state index is 0.0677. The van der Waals surface area contributed by atoms with Crippen molar-refractivity contribution in [2.45, 2.75) is 6.92 Å². The molecule has 0 atom stereocenters. The number of carbonyl (C=O) groups excluding carboxylic acids is 2. The monoisotopic (exact) mass is 457 g/mol. The van der Waals surface area contributed by atoms with E-state index in [1.807, 2.05) is 60.7 Å². The van der Waals surface area contributed by atoms with Gasteiger partial charge in [-0.3, -0.25) is 14.4 Å². The van der Waals surface area contributed by atoms with E-state index in [2.05, 4.69) is 10.4 Å². The highest BCUT2D eigenvalue weighted by molar-refractivity contribution is 6.34. The van der Waals surface area contributed by atoms with Crippen molar-refractivity contribution >= 4 is 29.0 Å². The molecule has 1 heterocycles. The number of Topliss-reactive ketones (excluding diaryl/α,β-unsaturated/α-hetero) is 1. The number of anilines is 1. The Morgan fingerprint density at radius 1 is 0.909 bits per heavy atom. The normalized spacial score (nSPS) is 10.6. The van der Waals surface area contributed by atoms with Gasteiger partial charge in [0.1, 0.15) is 5.56 Å². The second-order valence-electron chi connectivity index (χ2n) is 7.46. The Bertz CT molecular complexity index is 1410. The highest BCUT2D eigenvalue weighted by Crippen LogP contribution is 2.33. The number of nitrogens with one attached hydrogen (secondary N) is 1. The molecule has 7 heteroatoms. The summed E-state index contributed by atoms with van der Waals surface area (Å²) in [6, 6.07) is 23.1. The molecular weight excluding hydrogens is 438 g/mol. The van der Waals surface area contributed by atoms with Gasteiger partial charge in [0.25, 0.3) is 11.5 Å². The number of benzene rings is 3. The van der Waals surface area contributed by atoms with Crippen LogP contribution in [0.3, 0.4) is 0 Å². The summed E-state index contributed by atoms with van der Waals surface area (Å²) >= 11 is 6.27. The van der Waals surface area contributed by atoms with E-state index >= 15 is 0 Å². The molecule has 0 aliphatic heterocycles. The van der Waals surface area contributed by atoms with Gasteiger partial charge in [-0.2, -0.15) is 5.10 Å². The van der Waals surface area contributed by atoms with Crippen LogP contribution in [0.1, 0.15) is 27.6 Å². The van der Waals surface area contributed by atoms with Crippen LogP contribution >= 0.6 is 11.6 Å². The molecule has 0 bridgehead atoms. The number of aryl methyl sites for hydroxylation is 1. The molecule has 0 aliphatic rings. The van der Waals surface area contributed by atoms with Crippen molar-refractivity contribution < 1.29 is 9.59 Å². The van der Waals surface area contributed by atoms with E-state index in [0.29, 0.717) is 22.4 Å². The maximum atomic E-state index is 13.5. The average Bonchev–Trinajstić information content (AvgIpc) is 2.82. The molecule has 3 aromatic carbocycles. The third kappa shape index (κ3) is 4.47. The van der Waals surface area contributed by atoms with Crippen LogP contribution in [0.5, 0.6) is 0 Å². The van der Waals surface area contributed by atoms with Crippen molar-refractivity contribution in [3.05, 3.63) is 105 Å². The molecular formula is C26H20ClN3O3. The average molecular weight is 458 g/mol. The quantitative estimate of drug-likeness (QED) is 0.416. The van der Waals surface area contributed by atoms with Crippen molar-refractivity contribution in [1.82, 2.24) is 9.78 Å². The topological polar surface area (TPSA) is 81.1 Å². The van der Waals surface area contributed by atoms with Crippen LogP contribution in [0, 0.1) is 0 Å². The molecule has 1 amide bonds. The molecule has 1 aromatic heterocycles. The van der Waals surface area contributed by atoms with Gasteiger partial charge in [-0.1, -0.05) is 72.3 Å². The summed E-state index contributed by atoms with van der Waals surface area (Å²) < 4.78 is 1.15. The van der Waals surface area contributed by atoms with Crippen molar-refractivity contribution in [2.75, 3.05) is 5.32 Å². The third-order valence-electron chi connectivity index (χ3n) is 5.20. The van der Waals surface area contributed by atoms with Crippen molar-refractivity contribution in [3.63, 3.8) is 0 Å². The van der Waals surface area contributed by atoms with Gasteiger partial charge >= 0.3 is 0 Å². The predicted molar refractivity (Wildman–Crippen MR) is 130 cm³/mol. The fourth-order valence-electron chi connectivity index (χ4n) is 3.55. The maximum absolute atomic E-state index is 13.5. The molecule has 0 aliphatic carbocycles. The molecule has 0 unspecified atom stereocenters. The predicted octanol–water partition coefficient (Wildman–Crippen LogP) is 5.22. The molecule has 4 rings (SSSR count).